The third-order valence-electron chi connectivity index (χ3n) is 0.494. The normalized spacial score (nSPS) is 13.1. The molecule has 0 aliphatic rings. The molecule has 0 radical (unpaired) electrons. The van der Waals surface area contributed by atoms with E-state index < -0.39 is 0 Å². The number of hydrogen-bond donors (Lipinski definition) is 0. The smallest absolute Gasteiger partial charge is 0.162 e. The lowest BCUT2D eigenvalue weighted by Gasteiger charge is -1.82. The molecule has 0 heterocycles. The van der Waals surface area contributed by atoms with E-state index in [-0.39, 0.29) is 0 Å². The lowest BCUT2D eigenvalue weighted by Crippen LogP contribution is -1.70. The highest BCUT2D eigenvalue weighted by Gasteiger charge is 1.81. The van der Waals surface area contributed by atoms with E-state index in [0.29, 0.717) is 4.50 Å². The van der Waals surface area contributed by atoms with Crippen molar-refractivity contribution in [2.24, 2.45) is 4.99 Å². The van der Waals surface area contributed by atoms with Crippen LogP contribution in [0.3, 0.4) is 0 Å². The number of allylic oxidation sites excluding steroid dienone is 1. The van der Waals surface area contributed by atoms with Gasteiger partial charge in [-0.2, -0.15) is 0 Å². The van der Waals surface area contributed by atoms with Crippen molar-refractivity contribution in [3.63, 3.8) is 0 Å². The highest BCUT2D eigenvalue weighted by atomic mass is 35.5. The van der Waals surface area contributed by atoms with Crippen LogP contribution in [-0.4, -0.2) is 10.8 Å². The molecule has 0 aliphatic carbocycles. The van der Waals surface area contributed by atoms with Crippen LogP contribution < -0.4 is 0 Å². The van der Waals surface area contributed by atoms with Gasteiger partial charge in [-0.25, -0.2) is 4.99 Å². The average molecular weight is 150 g/mol. The number of halogens is 1. The Morgan fingerprint density at radius 3 is 2.75 bits per heavy atom. The molecule has 0 saturated heterocycles. The molecule has 0 aromatic heterocycles. The van der Waals surface area contributed by atoms with Crippen LogP contribution in [0.2, 0.25) is 0 Å². The Morgan fingerprint density at radius 2 is 2.38 bits per heavy atom. The summed E-state index contributed by atoms with van der Waals surface area (Å²) in [5.41, 5.74) is 0. The number of hydrogen-bond acceptors (Lipinski definition) is 2. The number of aliphatic imine (C=N–C) groups is 1. The largest absolute Gasteiger partial charge is 0.238 e. The molecule has 0 aliphatic heterocycles. The number of rotatable bonds is 1. The van der Waals surface area contributed by atoms with Gasteiger partial charge < -0.3 is 0 Å². The molecule has 0 aromatic rings. The van der Waals surface area contributed by atoms with E-state index in [0.717, 1.165) is 0 Å². The second-order valence-corrected chi connectivity index (χ2v) is 2.45. The molecule has 0 bridgehead atoms. The van der Waals surface area contributed by atoms with Crippen molar-refractivity contribution in [1.82, 2.24) is 0 Å². The number of nitrogens with zero attached hydrogens (tertiary/aromatic N) is 1. The Kier molecular flexibility index (Phi) is 5.22. The fourth-order valence-electron chi connectivity index (χ4n) is 0.186. The minimum Gasteiger partial charge on any atom is -0.238 e. The fraction of sp³-hybridized carbons (Fsp3) is 0.400. The predicted octanol–water partition coefficient (Wildman–Crippen LogP) is 2.48. The summed E-state index contributed by atoms with van der Waals surface area (Å²) in [6.07, 6.45) is 5.38. The van der Waals surface area contributed by atoms with E-state index in [2.05, 4.69) is 4.99 Å². The van der Waals surface area contributed by atoms with Gasteiger partial charge in [0.15, 0.2) is 4.50 Å². The van der Waals surface area contributed by atoms with Crippen molar-refractivity contribution in [2.75, 3.05) is 6.26 Å². The summed E-state index contributed by atoms with van der Waals surface area (Å²) in [6.45, 7) is 1.90. The Hall–Kier alpha value is 0.0500. The molecule has 0 fully saturated rings. The van der Waals surface area contributed by atoms with Gasteiger partial charge in [-0.15, -0.1) is 0 Å². The first kappa shape index (κ1) is 8.05. The van der Waals surface area contributed by atoms with Crippen LogP contribution in [0.25, 0.3) is 0 Å². The van der Waals surface area contributed by atoms with Crippen LogP contribution >= 0.6 is 23.4 Å². The van der Waals surface area contributed by atoms with Gasteiger partial charge in [0, 0.05) is 6.20 Å². The average Bonchev–Trinajstić information content (AvgIpc) is 1.83. The van der Waals surface area contributed by atoms with E-state index in [1.807, 2.05) is 19.3 Å². The molecule has 8 heavy (non-hydrogen) atoms. The summed E-state index contributed by atoms with van der Waals surface area (Å²) < 4.78 is 0.572. The Labute approximate surface area is 58.8 Å². The molecule has 0 saturated carbocycles. The van der Waals surface area contributed by atoms with E-state index in [1.54, 1.807) is 6.20 Å². The van der Waals surface area contributed by atoms with Crippen LogP contribution in [0.15, 0.2) is 17.3 Å². The van der Waals surface area contributed by atoms with E-state index in [9.17, 15) is 0 Å². The summed E-state index contributed by atoms with van der Waals surface area (Å²) in [6, 6.07) is 0. The fourth-order valence-corrected chi connectivity index (χ4v) is 0.408. The molecule has 0 amide bonds. The minimum atomic E-state index is 0.572. The van der Waals surface area contributed by atoms with Crippen LogP contribution in [0.1, 0.15) is 6.92 Å². The van der Waals surface area contributed by atoms with Crippen LogP contribution in [0, 0.1) is 0 Å². The topological polar surface area (TPSA) is 12.4 Å². The maximum absolute atomic E-state index is 5.51. The summed E-state index contributed by atoms with van der Waals surface area (Å²) in [5.74, 6) is 0. The summed E-state index contributed by atoms with van der Waals surface area (Å²) in [5, 5.41) is 0. The molecule has 0 rings (SSSR count). The van der Waals surface area contributed by atoms with Crippen molar-refractivity contribution in [1.29, 1.82) is 0 Å². The molecule has 0 N–H and O–H groups in total. The molecule has 46 valence electrons. The Bertz CT molecular complexity index is 109. The van der Waals surface area contributed by atoms with Gasteiger partial charge in [-0.05, 0) is 13.2 Å². The third-order valence-corrected chi connectivity index (χ3v) is 1.50. The van der Waals surface area contributed by atoms with E-state index in [1.165, 1.54) is 11.8 Å². The van der Waals surface area contributed by atoms with Gasteiger partial charge in [0.05, 0.1) is 0 Å². The van der Waals surface area contributed by atoms with Gasteiger partial charge in [-0.3, -0.25) is 0 Å². The molecule has 0 unspecified atom stereocenters. The molecular weight excluding hydrogens is 142 g/mol. The molecule has 3 heteroatoms. The Balaban J connectivity index is 3.57. The first-order valence-corrected chi connectivity index (χ1v) is 3.80. The van der Waals surface area contributed by atoms with Gasteiger partial charge in [-0.1, -0.05) is 29.4 Å². The minimum absolute atomic E-state index is 0.572. The lowest BCUT2D eigenvalue weighted by molar-refractivity contribution is 1.55. The molecule has 0 spiro atoms. The standard InChI is InChI=1S/C5H8ClNS/c1-3-4-7-5(6)8-2/h3-4H,1-2H3/b4-3+,7-5-. The van der Waals surface area contributed by atoms with Gasteiger partial charge >= 0.3 is 0 Å². The van der Waals surface area contributed by atoms with Crippen molar-refractivity contribution >= 4 is 27.9 Å². The first-order chi connectivity index (χ1) is 3.81. The second-order valence-electron chi connectivity index (χ2n) is 1.07. The molecular formula is C5H8ClNS. The van der Waals surface area contributed by atoms with Crippen LogP contribution in [0.4, 0.5) is 0 Å². The zero-order valence-electron chi connectivity index (χ0n) is 4.89. The van der Waals surface area contributed by atoms with Crippen LogP contribution in [0.5, 0.6) is 0 Å². The molecule has 0 aromatic carbocycles. The zero-order valence-corrected chi connectivity index (χ0v) is 6.46. The van der Waals surface area contributed by atoms with E-state index >= 15 is 0 Å². The summed E-state index contributed by atoms with van der Waals surface area (Å²) in [7, 11) is 0. The summed E-state index contributed by atoms with van der Waals surface area (Å²) >= 11 is 6.93. The summed E-state index contributed by atoms with van der Waals surface area (Å²) in [4.78, 5) is 3.83. The van der Waals surface area contributed by atoms with Crippen molar-refractivity contribution in [2.45, 2.75) is 6.92 Å². The van der Waals surface area contributed by atoms with Crippen molar-refractivity contribution < 1.29 is 0 Å². The monoisotopic (exact) mass is 149 g/mol. The maximum atomic E-state index is 5.51. The Morgan fingerprint density at radius 1 is 1.75 bits per heavy atom. The highest BCUT2D eigenvalue weighted by Crippen LogP contribution is 2.01. The number of thioether (sulfide) groups is 1. The van der Waals surface area contributed by atoms with E-state index in [4.69, 9.17) is 11.6 Å². The predicted molar refractivity (Wildman–Crippen MR) is 41.6 cm³/mol. The van der Waals surface area contributed by atoms with Crippen molar-refractivity contribution in [3.05, 3.63) is 12.3 Å². The zero-order chi connectivity index (χ0) is 6.41. The van der Waals surface area contributed by atoms with Crippen LogP contribution in [-0.2, 0) is 0 Å². The molecule has 1 nitrogen and oxygen atoms in total. The van der Waals surface area contributed by atoms with Gasteiger partial charge in [0.25, 0.3) is 0 Å². The quantitative estimate of drug-likeness (QED) is 0.412. The lowest BCUT2D eigenvalue weighted by atomic mass is 10.7. The SMILES string of the molecule is C/C=C/N=C(/Cl)SC. The highest BCUT2D eigenvalue weighted by molar-refractivity contribution is 8.16. The first-order valence-electron chi connectivity index (χ1n) is 2.19. The van der Waals surface area contributed by atoms with Gasteiger partial charge in [0.2, 0.25) is 0 Å². The molecule has 0 atom stereocenters. The third kappa shape index (κ3) is 4.22. The second kappa shape index (κ2) is 5.19. The maximum Gasteiger partial charge on any atom is 0.162 e. The van der Waals surface area contributed by atoms with Crippen molar-refractivity contribution in [3.8, 4) is 0 Å². The van der Waals surface area contributed by atoms with Gasteiger partial charge in [0.1, 0.15) is 0 Å².